The van der Waals surface area contributed by atoms with Crippen LogP contribution in [0, 0.1) is 13.8 Å². The van der Waals surface area contributed by atoms with Gasteiger partial charge in [0.25, 0.3) is 5.91 Å². The lowest BCUT2D eigenvalue weighted by Crippen LogP contribution is -2.30. The zero-order valence-corrected chi connectivity index (χ0v) is 17.0. The van der Waals surface area contributed by atoms with Gasteiger partial charge >= 0.3 is 0 Å². The number of rotatable bonds is 7. The molecule has 0 spiro atoms. The highest BCUT2D eigenvalue weighted by Gasteiger charge is 2.34. The summed E-state index contributed by atoms with van der Waals surface area (Å²) in [6.45, 7) is 12.2. The molecule has 0 aliphatic carbocycles. The first-order chi connectivity index (χ1) is 12.0. The van der Waals surface area contributed by atoms with E-state index in [1.807, 2.05) is 4.90 Å². The maximum Gasteiger partial charge on any atom is 0.267 e. The Morgan fingerprint density at radius 2 is 1.84 bits per heavy atom. The van der Waals surface area contributed by atoms with Gasteiger partial charge in [0.15, 0.2) is 5.17 Å². The summed E-state index contributed by atoms with van der Waals surface area (Å²) in [5.74, 6) is 0.115. The highest BCUT2D eigenvalue weighted by Crippen LogP contribution is 2.37. The summed E-state index contributed by atoms with van der Waals surface area (Å²) in [5, 5.41) is 0.880. The molecule has 136 valence electrons. The SMILES string of the molecule is CCCCN=C1S/C(=C(/C)c2ccc(C)c(C)c2)C(=O)N1CCCC. The van der Waals surface area contributed by atoms with Gasteiger partial charge in [0, 0.05) is 13.1 Å². The van der Waals surface area contributed by atoms with Crippen LogP contribution in [0.25, 0.3) is 5.57 Å². The molecule has 1 saturated heterocycles. The second kappa shape index (κ2) is 9.23. The third-order valence-corrected chi connectivity index (χ3v) is 5.86. The van der Waals surface area contributed by atoms with Crippen molar-refractivity contribution in [1.82, 2.24) is 4.90 Å². The first-order valence-corrected chi connectivity index (χ1v) is 10.1. The number of unbranched alkanes of at least 4 members (excludes halogenated alkanes) is 2. The molecule has 1 heterocycles. The van der Waals surface area contributed by atoms with Crippen LogP contribution in [-0.2, 0) is 4.79 Å². The van der Waals surface area contributed by atoms with E-state index in [1.165, 1.54) is 11.1 Å². The molecule has 0 aromatic heterocycles. The molecule has 1 fully saturated rings. The number of hydrogen-bond donors (Lipinski definition) is 0. The number of aryl methyl sites for hydroxylation is 2. The average molecular weight is 359 g/mol. The molecular formula is C21H30N2OS. The van der Waals surface area contributed by atoms with Crippen LogP contribution in [0.15, 0.2) is 28.1 Å². The van der Waals surface area contributed by atoms with Crippen molar-refractivity contribution in [3.05, 3.63) is 39.8 Å². The molecule has 1 aromatic carbocycles. The van der Waals surface area contributed by atoms with Gasteiger partial charge < -0.3 is 0 Å². The summed E-state index contributed by atoms with van der Waals surface area (Å²) in [6.07, 6.45) is 4.27. The number of aliphatic imine (C=N–C) groups is 1. The van der Waals surface area contributed by atoms with E-state index >= 15 is 0 Å². The van der Waals surface area contributed by atoms with Crippen molar-refractivity contribution >= 4 is 28.4 Å². The van der Waals surface area contributed by atoms with Crippen molar-refractivity contribution in [3.63, 3.8) is 0 Å². The third-order valence-electron chi connectivity index (χ3n) is 4.64. The van der Waals surface area contributed by atoms with E-state index in [1.54, 1.807) is 11.8 Å². The van der Waals surface area contributed by atoms with Gasteiger partial charge in [-0.05, 0) is 67.6 Å². The molecule has 4 heteroatoms. The fourth-order valence-corrected chi connectivity index (χ4v) is 3.80. The Balaban J connectivity index is 2.34. The maximum absolute atomic E-state index is 13.0. The number of carbonyl (C=O) groups excluding carboxylic acids is 1. The predicted octanol–water partition coefficient (Wildman–Crippen LogP) is 5.57. The molecular weight excluding hydrogens is 328 g/mol. The van der Waals surface area contributed by atoms with Crippen molar-refractivity contribution in [3.8, 4) is 0 Å². The lowest BCUT2D eigenvalue weighted by Gasteiger charge is -2.15. The first kappa shape index (κ1) is 19.8. The fourth-order valence-electron chi connectivity index (χ4n) is 2.71. The van der Waals surface area contributed by atoms with E-state index < -0.39 is 0 Å². The second-order valence-corrected chi connectivity index (χ2v) is 7.66. The van der Waals surface area contributed by atoms with Crippen LogP contribution in [0.1, 0.15) is 63.1 Å². The molecule has 0 radical (unpaired) electrons. The molecule has 1 aliphatic rings. The second-order valence-electron chi connectivity index (χ2n) is 6.68. The molecule has 0 bridgehead atoms. The van der Waals surface area contributed by atoms with Crippen LogP contribution in [-0.4, -0.2) is 29.1 Å². The summed E-state index contributed by atoms with van der Waals surface area (Å²) in [5.41, 5.74) is 4.72. The first-order valence-electron chi connectivity index (χ1n) is 9.32. The molecule has 3 nitrogen and oxygen atoms in total. The van der Waals surface area contributed by atoms with E-state index in [2.05, 4.69) is 52.8 Å². The number of amidine groups is 1. The highest BCUT2D eigenvalue weighted by atomic mass is 32.2. The molecule has 25 heavy (non-hydrogen) atoms. The highest BCUT2D eigenvalue weighted by molar-refractivity contribution is 8.18. The monoisotopic (exact) mass is 358 g/mol. The molecule has 1 amide bonds. The van der Waals surface area contributed by atoms with Crippen molar-refractivity contribution in [2.24, 2.45) is 4.99 Å². The largest absolute Gasteiger partial charge is 0.287 e. The van der Waals surface area contributed by atoms with Gasteiger partial charge in [-0.1, -0.05) is 44.9 Å². The number of allylic oxidation sites excluding steroid dienone is 1. The van der Waals surface area contributed by atoms with Crippen LogP contribution in [0.3, 0.4) is 0 Å². The zero-order chi connectivity index (χ0) is 18.4. The van der Waals surface area contributed by atoms with Crippen LogP contribution < -0.4 is 0 Å². The minimum absolute atomic E-state index is 0.115. The summed E-state index contributed by atoms with van der Waals surface area (Å²) in [4.78, 5) is 20.4. The number of nitrogens with zero attached hydrogens (tertiary/aromatic N) is 2. The van der Waals surface area contributed by atoms with Crippen molar-refractivity contribution in [2.75, 3.05) is 13.1 Å². The number of hydrogen-bond acceptors (Lipinski definition) is 3. The Labute approximate surface area is 156 Å². The number of thioether (sulfide) groups is 1. The molecule has 0 atom stereocenters. The number of carbonyl (C=O) groups is 1. The minimum atomic E-state index is 0.115. The number of benzene rings is 1. The lowest BCUT2D eigenvalue weighted by atomic mass is 10.0. The molecule has 0 N–H and O–H groups in total. The van der Waals surface area contributed by atoms with Gasteiger partial charge in [-0.3, -0.25) is 14.7 Å². The normalized spacial score (nSPS) is 18.4. The zero-order valence-electron chi connectivity index (χ0n) is 16.2. The maximum atomic E-state index is 13.0. The van der Waals surface area contributed by atoms with Gasteiger partial charge in [-0.25, -0.2) is 0 Å². The number of amides is 1. The van der Waals surface area contributed by atoms with Crippen LogP contribution in [0.5, 0.6) is 0 Å². The van der Waals surface area contributed by atoms with Gasteiger partial charge in [-0.2, -0.15) is 0 Å². The predicted molar refractivity (Wildman–Crippen MR) is 110 cm³/mol. The van der Waals surface area contributed by atoms with E-state index in [9.17, 15) is 4.79 Å². The van der Waals surface area contributed by atoms with E-state index in [4.69, 9.17) is 4.99 Å². The van der Waals surface area contributed by atoms with Crippen LogP contribution in [0.2, 0.25) is 0 Å². The minimum Gasteiger partial charge on any atom is -0.287 e. The van der Waals surface area contributed by atoms with Crippen molar-refractivity contribution in [1.29, 1.82) is 0 Å². The van der Waals surface area contributed by atoms with Crippen molar-refractivity contribution < 1.29 is 4.79 Å². The quantitative estimate of drug-likeness (QED) is 0.472. The molecule has 1 aromatic rings. The Morgan fingerprint density at radius 3 is 2.48 bits per heavy atom. The van der Waals surface area contributed by atoms with Crippen LogP contribution >= 0.6 is 11.8 Å². The third kappa shape index (κ3) is 4.75. The topological polar surface area (TPSA) is 32.7 Å². The molecule has 0 saturated carbocycles. The van der Waals surface area contributed by atoms with E-state index in [0.29, 0.717) is 0 Å². The van der Waals surface area contributed by atoms with E-state index in [-0.39, 0.29) is 5.91 Å². The standard InChI is InChI=1S/C21H30N2OS/c1-6-8-12-22-21-23(13-9-7-2)20(24)19(25-21)17(5)18-11-10-15(3)16(4)14-18/h10-11,14H,6-9,12-13H2,1-5H3/b19-17-,22-21?. The van der Waals surface area contributed by atoms with Gasteiger partial charge in [0.1, 0.15) is 0 Å². The molecule has 1 aliphatic heterocycles. The van der Waals surface area contributed by atoms with Gasteiger partial charge in [0.2, 0.25) is 0 Å². The lowest BCUT2D eigenvalue weighted by molar-refractivity contribution is -0.122. The van der Waals surface area contributed by atoms with Crippen molar-refractivity contribution in [2.45, 2.75) is 60.3 Å². The smallest absolute Gasteiger partial charge is 0.267 e. The summed E-state index contributed by atoms with van der Waals surface area (Å²) >= 11 is 1.55. The Kier molecular flexibility index (Phi) is 7.30. The Bertz CT molecular complexity index is 691. The Hall–Kier alpha value is -1.55. The van der Waals surface area contributed by atoms with Crippen LogP contribution in [0.4, 0.5) is 0 Å². The molecule has 0 unspecified atom stereocenters. The van der Waals surface area contributed by atoms with Gasteiger partial charge in [0.05, 0.1) is 4.91 Å². The van der Waals surface area contributed by atoms with E-state index in [0.717, 1.165) is 60.0 Å². The molecule has 2 rings (SSSR count). The summed E-state index contributed by atoms with van der Waals surface area (Å²) < 4.78 is 0. The van der Waals surface area contributed by atoms with Gasteiger partial charge in [-0.15, -0.1) is 0 Å². The summed E-state index contributed by atoms with van der Waals surface area (Å²) in [6, 6.07) is 6.42. The average Bonchev–Trinajstić information content (AvgIpc) is 2.91. The fraction of sp³-hybridized carbons (Fsp3) is 0.524. The summed E-state index contributed by atoms with van der Waals surface area (Å²) in [7, 11) is 0. The Morgan fingerprint density at radius 1 is 1.12 bits per heavy atom.